The third kappa shape index (κ3) is 4.45. The zero-order valence-electron chi connectivity index (χ0n) is 13.0. The van der Waals surface area contributed by atoms with Crippen LogP contribution in [-0.2, 0) is 18.1 Å². The van der Waals surface area contributed by atoms with Gasteiger partial charge in [-0.2, -0.15) is 5.26 Å². The fourth-order valence-electron chi connectivity index (χ4n) is 2.46. The first-order valence-electron chi connectivity index (χ1n) is 7.44. The number of benzene rings is 2. The zero-order valence-corrected chi connectivity index (χ0v) is 16.1. The molecule has 0 aliphatic rings. The van der Waals surface area contributed by atoms with Crippen LogP contribution in [0.4, 0.5) is 0 Å². The van der Waals surface area contributed by atoms with E-state index in [1.165, 1.54) is 0 Å². The number of ether oxygens (including phenoxy) is 1. The second-order valence-corrected chi connectivity index (χ2v) is 7.16. The number of hydrogen-bond acceptors (Lipinski definition) is 2. The molecule has 0 N–H and O–H groups in total. The van der Waals surface area contributed by atoms with Gasteiger partial charge in [0.1, 0.15) is 12.8 Å². The van der Waals surface area contributed by atoms with E-state index in [9.17, 15) is 5.26 Å². The normalized spacial score (nSPS) is 10.6. The van der Waals surface area contributed by atoms with Crippen LogP contribution in [0.25, 0.3) is 11.3 Å². The third-order valence-corrected chi connectivity index (χ3v) is 4.86. The lowest BCUT2D eigenvalue weighted by molar-refractivity contribution is 0.0652. The zero-order chi connectivity index (χ0) is 17.8. The summed E-state index contributed by atoms with van der Waals surface area (Å²) in [6.07, 6.45) is 1.78. The van der Waals surface area contributed by atoms with Crippen LogP contribution in [0.3, 0.4) is 0 Å². The second-order valence-electron chi connectivity index (χ2n) is 5.43. The molecule has 0 fully saturated rings. The summed E-state index contributed by atoms with van der Waals surface area (Å²) in [6, 6.07) is 17.4. The van der Waals surface area contributed by atoms with Gasteiger partial charge in [0.15, 0.2) is 0 Å². The standard InChI is InChI=1S/C19H13BrCl2N2O/c20-16-3-1-2-15(8-16)19-7-14(9-23)10-24(19)12-25-11-13-4-5-17(21)18(22)6-13/h1-8,10H,11-12H2. The van der Waals surface area contributed by atoms with Gasteiger partial charge in [-0.3, -0.25) is 0 Å². The number of nitriles is 1. The molecule has 2 aromatic carbocycles. The molecule has 3 nitrogen and oxygen atoms in total. The van der Waals surface area contributed by atoms with Gasteiger partial charge in [-0.1, -0.05) is 57.3 Å². The quantitative estimate of drug-likeness (QED) is 0.473. The second kappa shape index (κ2) is 8.07. The first-order chi connectivity index (χ1) is 12.1. The first-order valence-corrected chi connectivity index (χ1v) is 8.99. The van der Waals surface area contributed by atoms with Gasteiger partial charge in [-0.05, 0) is 41.5 Å². The Morgan fingerprint density at radius 3 is 2.64 bits per heavy atom. The Labute approximate surface area is 164 Å². The minimum atomic E-state index is 0.323. The summed E-state index contributed by atoms with van der Waals surface area (Å²) in [6.45, 7) is 0.721. The van der Waals surface area contributed by atoms with Crippen molar-refractivity contribution in [2.24, 2.45) is 0 Å². The lowest BCUT2D eigenvalue weighted by atomic mass is 10.1. The molecule has 25 heavy (non-hydrogen) atoms. The summed E-state index contributed by atoms with van der Waals surface area (Å²) >= 11 is 15.4. The van der Waals surface area contributed by atoms with Crippen LogP contribution < -0.4 is 0 Å². The van der Waals surface area contributed by atoms with Crippen LogP contribution in [0.15, 0.2) is 59.2 Å². The van der Waals surface area contributed by atoms with Crippen molar-refractivity contribution < 1.29 is 4.74 Å². The molecule has 0 radical (unpaired) electrons. The third-order valence-electron chi connectivity index (χ3n) is 3.63. The van der Waals surface area contributed by atoms with E-state index >= 15 is 0 Å². The highest BCUT2D eigenvalue weighted by molar-refractivity contribution is 9.10. The van der Waals surface area contributed by atoms with E-state index in [-0.39, 0.29) is 0 Å². The maximum absolute atomic E-state index is 9.20. The van der Waals surface area contributed by atoms with E-state index in [1.54, 1.807) is 18.3 Å². The molecule has 1 heterocycles. The predicted molar refractivity (Wildman–Crippen MR) is 104 cm³/mol. The number of aromatic nitrogens is 1. The lowest BCUT2D eigenvalue weighted by Gasteiger charge is -2.11. The van der Waals surface area contributed by atoms with Gasteiger partial charge in [-0.25, -0.2) is 0 Å². The summed E-state index contributed by atoms with van der Waals surface area (Å²) in [5, 5.41) is 10.2. The van der Waals surface area contributed by atoms with Gasteiger partial charge >= 0.3 is 0 Å². The average Bonchev–Trinajstić information content (AvgIpc) is 3.01. The smallest absolute Gasteiger partial charge is 0.123 e. The van der Waals surface area contributed by atoms with Crippen LogP contribution in [-0.4, -0.2) is 4.57 Å². The highest BCUT2D eigenvalue weighted by Crippen LogP contribution is 2.26. The Hall–Kier alpha value is -1.77. The molecule has 0 bridgehead atoms. The van der Waals surface area contributed by atoms with Crippen LogP contribution in [0.2, 0.25) is 10.0 Å². The summed E-state index contributed by atoms with van der Waals surface area (Å²) in [4.78, 5) is 0. The first kappa shape index (κ1) is 18.0. The summed E-state index contributed by atoms with van der Waals surface area (Å²) < 4.78 is 8.69. The highest BCUT2D eigenvalue weighted by atomic mass is 79.9. The molecule has 0 saturated heterocycles. The Morgan fingerprint density at radius 2 is 1.92 bits per heavy atom. The highest BCUT2D eigenvalue weighted by Gasteiger charge is 2.09. The molecule has 0 amide bonds. The summed E-state index contributed by atoms with van der Waals surface area (Å²) in [5.74, 6) is 0. The van der Waals surface area contributed by atoms with Crippen molar-refractivity contribution in [2.75, 3.05) is 0 Å². The van der Waals surface area contributed by atoms with Gasteiger partial charge in [0.05, 0.1) is 27.9 Å². The Balaban J connectivity index is 1.77. The van der Waals surface area contributed by atoms with Crippen LogP contribution in [0.5, 0.6) is 0 Å². The van der Waals surface area contributed by atoms with Crippen molar-refractivity contribution in [2.45, 2.75) is 13.3 Å². The Morgan fingerprint density at radius 1 is 1.08 bits per heavy atom. The largest absolute Gasteiger partial charge is 0.356 e. The molecular weight excluding hydrogens is 423 g/mol. The number of rotatable bonds is 5. The molecule has 6 heteroatoms. The van der Waals surface area contributed by atoms with E-state index in [4.69, 9.17) is 27.9 Å². The van der Waals surface area contributed by atoms with E-state index in [0.717, 1.165) is 21.3 Å². The van der Waals surface area contributed by atoms with E-state index < -0.39 is 0 Å². The molecule has 0 atom stereocenters. The number of halogens is 3. The van der Waals surface area contributed by atoms with Gasteiger partial charge in [-0.15, -0.1) is 0 Å². The summed E-state index contributed by atoms with van der Waals surface area (Å²) in [7, 11) is 0. The molecule has 0 unspecified atom stereocenters. The van der Waals surface area contributed by atoms with Crippen molar-refractivity contribution >= 4 is 39.1 Å². The maximum Gasteiger partial charge on any atom is 0.123 e. The minimum absolute atomic E-state index is 0.323. The molecule has 1 aromatic heterocycles. The SMILES string of the molecule is N#Cc1cc(-c2cccc(Br)c2)n(COCc2ccc(Cl)c(Cl)c2)c1. The number of nitrogens with zero attached hydrogens (tertiary/aromatic N) is 2. The summed E-state index contributed by atoms with van der Waals surface area (Å²) in [5.41, 5.74) is 3.46. The molecular formula is C19H13BrCl2N2O. The monoisotopic (exact) mass is 434 g/mol. The fourth-order valence-corrected chi connectivity index (χ4v) is 3.18. The van der Waals surface area contributed by atoms with Gasteiger partial charge in [0, 0.05) is 10.7 Å². The maximum atomic E-state index is 9.20. The van der Waals surface area contributed by atoms with Crippen LogP contribution in [0, 0.1) is 11.3 Å². The lowest BCUT2D eigenvalue weighted by Crippen LogP contribution is -2.03. The van der Waals surface area contributed by atoms with Crippen molar-refractivity contribution in [3.63, 3.8) is 0 Å². The van der Waals surface area contributed by atoms with Crippen molar-refractivity contribution in [3.05, 3.63) is 80.4 Å². The van der Waals surface area contributed by atoms with Gasteiger partial charge in [0.25, 0.3) is 0 Å². The van der Waals surface area contributed by atoms with Crippen molar-refractivity contribution in [1.82, 2.24) is 4.57 Å². The number of hydrogen-bond donors (Lipinski definition) is 0. The van der Waals surface area contributed by atoms with E-state index in [1.807, 2.05) is 41.0 Å². The van der Waals surface area contributed by atoms with Crippen LogP contribution >= 0.6 is 39.1 Å². The minimum Gasteiger partial charge on any atom is -0.356 e. The molecule has 126 valence electrons. The molecule has 0 aliphatic heterocycles. The fraction of sp³-hybridized carbons (Fsp3) is 0.105. The Kier molecular flexibility index (Phi) is 5.82. The molecule has 0 saturated carbocycles. The van der Waals surface area contributed by atoms with E-state index in [0.29, 0.717) is 28.9 Å². The predicted octanol–water partition coefficient (Wildman–Crippen LogP) is 6.27. The van der Waals surface area contributed by atoms with Crippen LogP contribution in [0.1, 0.15) is 11.1 Å². The molecule has 3 aromatic rings. The Bertz CT molecular complexity index is 947. The molecule has 0 aliphatic carbocycles. The van der Waals surface area contributed by atoms with Crippen molar-refractivity contribution in [3.8, 4) is 17.3 Å². The molecule has 3 rings (SSSR count). The van der Waals surface area contributed by atoms with Gasteiger partial charge < -0.3 is 9.30 Å². The van der Waals surface area contributed by atoms with Crippen molar-refractivity contribution in [1.29, 1.82) is 5.26 Å². The topological polar surface area (TPSA) is 38.0 Å². The average molecular weight is 436 g/mol. The molecule has 0 spiro atoms. The van der Waals surface area contributed by atoms with E-state index in [2.05, 4.69) is 22.0 Å². The van der Waals surface area contributed by atoms with Gasteiger partial charge in [0.2, 0.25) is 0 Å².